The molecule has 0 bridgehead atoms. The van der Waals surface area contributed by atoms with Crippen LogP contribution in [0.5, 0.6) is 0 Å². The van der Waals surface area contributed by atoms with Crippen LogP contribution in [0.3, 0.4) is 0 Å². The second-order valence-electron chi connectivity index (χ2n) is 5.30. The molecule has 0 spiro atoms. The van der Waals surface area contributed by atoms with Crippen LogP contribution in [-0.2, 0) is 23.1 Å². The van der Waals surface area contributed by atoms with Crippen LogP contribution in [0.2, 0.25) is 0 Å². The highest BCUT2D eigenvalue weighted by Crippen LogP contribution is 2.21. The average molecular weight is 288 g/mol. The molecule has 1 aromatic carbocycles. The number of aryl methyl sites for hydroxylation is 2. The first kappa shape index (κ1) is 15.1. The molecule has 21 heavy (non-hydrogen) atoms. The van der Waals surface area contributed by atoms with E-state index in [1.54, 1.807) is 0 Å². The van der Waals surface area contributed by atoms with Crippen molar-refractivity contribution in [2.24, 2.45) is 7.05 Å². The van der Waals surface area contributed by atoms with E-state index in [0.717, 1.165) is 16.5 Å². The Morgan fingerprint density at radius 1 is 1.33 bits per heavy atom. The number of rotatable bonds is 5. The SMILES string of the molecule is CC(C(=O)O)N(C)C(=O)CCc1cn(C)c2ccccc12. The minimum absolute atomic E-state index is 0.155. The summed E-state index contributed by atoms with van der Waals surface area (Å²) in [5, 5.41) is 10.1. The lowest BCUT2D eigenvalue weighted by Gasteiger charge is -2.21. The molecule has 0 saturated carbocycles. The number of carbonyl (C=O) groups is 2. The van der Waals surface area contributed by atoms with Crippen molar-refractivity contribution in [1.82, 2.24) is 9.47 Å². The molecular weight excluding hydrogens is 268 g/mol. The van der Waals surface area contributed by atoms with Gasteiger partial charge in [0.15, 0.2) is 0 Å². The number of aliphatic carboxylic acids is 1. The molecule has 1 N–H and O–H groups in total. The van der Waals surface area contributed by atoms with Crippen LogP contribution in [0.4, 0.5) is 0 Å². The molecule has 2 aromatic rings. The number of likely N-dealkylation sites (N-methyl/N-ethyl adjacent to an activating group) is 1. The number of fused-ring (bicyclic) bond motifs is 1. The normalized spacial score (nSPS) is 12.3. The van der Waals surface area contributed by atoms with Crippen LogP contribution in [0, 0.1) is 0 Å². The number of benzene rings is 1. The molecule has 112 valence electrons. The number of aromatic nitrogens is 1. The second kappa shape index (κ2) is 5.99. The molecule has 1 atom stereocenters. The van der Waals surface area contributed by atoms with E-state index in [2.05, 4.69) is 0 Å². The van der Waals surface area contributed by atoms with Gasteiger partial charge in [0.25, 0.3) is 0 Å². The van der Waals surface area contributed by atoms with Crippen molar-refractivity contribution < 1.29 is 14.7 Å². The number of carboxylic acids is 1. The maximum atomic E-state index is 12.1. The van der Waals surface area contributed by atoms with Crippen molar-refractivity contribution in [2.75, 3.05) is 7.05 Å². The van der Waals surface area contributed by atoms with Gasteiger partial charge in [-0.3, -0.25) is 4.79 Å². The minimum atomic E-state index is -0.990. The van der Waals surface area contributed by atoms with Crippen LogP contribution in [0.15, 0.2) is 30.5 Å². The van der Waals surface area contributed by atoms with E-state index in [9.17, 15) is 9.59 Å². The molecule has 0 aliphatic heterocycles. The Morgan fingerprint density at radius 3 is 2.67 bits per heavy atom. The molecule has 0 aliphatic carbocycles. The first-order valence-corrected chi connectivity index (χ1v) is 6.93. The monoisotopic (exact) mass is 288 g/mol. The molecule has 2 rings (SSSR count). The Morgan fingerprint density at radius 2 is 2.00 bits per heavy atom. The highest BCUT2D eigenvalue weighted by Gasteiger charge is 2.21. The Bertz CT molecular complexity index is 675. The van der Waals surface area contributed by atoms with Crippen LogP contribution in [-0.4, -0.2) is 39.5 Å². The zero-order valence-electron chi connectivity index (χ0n) is 12.5. The first-order chi connectivity index (χ1) is 9.91. The van der Waals surface area contributed by atoms with Gasteiger partial charge in [-0.05, 0) is 25.0 Å². The molecule has 0 radical (unpaired) electrons. The Hall–Kier alpha value is -2.30. The van der Waals surface area contributed by atoms with E-state index in [0.29, 0.717) is 12.8 Å². The summed E-state index contributed by atoms with van der Waals surface area (Å²) in [6.07, 6.45) is 2.94. The summed E-state index contributed by atoms with van der Waals surface area (Å²) < 4.78 is 2.04. The second-order valence-corrected chi connectivity index (χ2v) is 5.30. The number of hydrogen-bond donors (Lipinski definition) is 1. The van der Waals surface area contributed by atoms with Gasteiger partial charge < -0.3 is 14.6 Å². The molecule has 1 amide bonds. The predicted octanol–water partition coefficient (Wildman–Crippen LogP) is 2.04. The molecule has 1 heterocycles. The molecule has 0 aliphatic rings. The van der Waals surface area contributed by atoms with Gasteiger partial charge in [0.1, 0.15) is 6.04 Å². The van der Waals surface area contributed by atoms with Gasteiger partial charge in [-0.1, -0.05) is 18.2 Å². The van der Waals surface area contributed by atoms with Crippen molar-refractivity contribution in [1.29, 1.82) is 0 Å². The van der Waals surface area contributed by atoms with Crippen molar-refractivity contribution in [3.63, 3.8) is 0 Å². The molecule has 1 unspecified atom stereocenters. The molecular formula is C16H20N2O3. The van der Waals surface area contributed by atoms with Gasteiger partial charge in [-0.15, -0.1) is 0 Å². The van der Waals surface area contributed by atoms with Gasteiger partial charge in [-0.2, -0.15) is 0 Å². The number of carbonyl (C=O) groups excluding carboxylic acids is 1. The summed E-state index contributed by atoms with van der Waals surface area (Å²) >= 11 is 0. The zero-order chi connectivity index (χ0) is 15.6. The summed E-state index contributed by atoms with van der Waals surface area (Å²) in [6, 6.07) is 7.24. The third-order valence-electron chi connectivity index (χ3n) is 3.92. The topological polar surface area (TPSA) is 62.5 Å². The lowest BCUT2D eigenvalue weighted by Crippen LogP contribution is -2.40. The summed E-state index contributed by atoms with van der Waals surface area (Å²) in [6.45, 7) is 1.51. The van der Waals surface area contributed by atoms with E-state index < -0.39 is 12.0 Å². The van der Waals surface area contributed by atoms with Crippen molar-refractivity contribution in [3.8, 4) is 0 Å². The standard InChI is InChI=1S/C16H20N2O3/c1-11(16(20)21)18(3)15(19)9-8-12-10-17(2)14-7-5-4-6-13(12)14/h4-7,10-11H,8-9H2,1-3H3,(H,20,21). The van der Waals surface area contributed by atoms with Crippen LogP contribution >= 0.6 is 0 Å². The average Bonchev–Trinajstić information content (AvgIpc) is 2.80. The van der Waals surface area contributed by atoms with Crippen molar-refractivity contribution >= 4 is 22.8 Å². The number of nitrogens with zero attached hydrogens (tertiary/aromatic N) is 2. The Kier molecular flexibility index (Phi) is 4.31. The summed E-state index contributed by atoms with van der Waals surface area (Å²) in [5.74, 6) is -1.14. The summed E-state index contributed by atoms with van der Waals surface area (Å²) in [7, 11) is 3.51. The van der Waals surface area contributed by atoms with Gasteiger partial charge >= 0.3 is 5.97 Å². The maximum Gasteiger partial charge on any atom is 0.326 e. The lowest BCUT2D eigenvalue weighted by atomic mass is 10.1. The Balaban J connectivity index is 2.08. The van der Waals surface area contributed by atoms with Crippen LogP contribution in [0.25, 0.3) is 10.9 Å². The third kappa shape index (κ3) is 3.07. The maximum absolute atomic E-state index is 12.1. The largest absolute Gasteiger partial charge is 0.480 e. The number of carboxylic acid groups (broad SMARTS) is 1. The summed E-state index contributed by atoms with van der Waals surface area (Å²) in [4.78, 5) is 24.2. The van der Waals surface area contributed by atoms with E-state index in [1.807, 2.05) is 42.1 Å². The fourth-order valence-electron chi connectivity index (χ4n) is 2.42. The van der Waals surface area contributed by atoms with Gasteiger partial charge in [0.05, 0.1) is 0 Å². The van der Waals surface area contributed by atoms with Crippen LogP contribution in [0.1, 0.15) is 18.9 Å². The number of hydrogen-bond acceptors (Lipinski definition) is 2. The van der Waals surface area contributed by atoms with E-state index in [1.165, 1.54) is 18.9 Å². The van der Waals surface area contributed by atoms with Gasteiger partial charge in [-0.25, -0.2) is 4.79 Å². The molecule has 0 saturated heterocycles. The van der Waals surface area contributed by atoms with Gasteiger partial charge in [0, 0.05) is 37.6 Å². The molecule has 5 nitrogen and oxygen atoms in total. The fraction of sp³-hybridized carbons (Fsp3) is 0.375. The smallest absolute Gasteiger partial charge is 0.326 e. The van der Waals surface area contributed by atoms with Gasteiger partial charge in [0.2, 0.25) is 5.91 Å². The van der Waals surface area contributed by atoms with E-state index >= 15 is 0 Å². The third-order valence-corrected chi connectivity index (χ3v) is 3.92. The van der Waals surface area contributed by atoms with Crippen LogP contribution < -0.4 is 0 Å². The fourth-order valence-corrected chi connectivity index (χ4v) is 2.42. The van der Waals surface area contributed by atoms with Crippen molar-refractivity contribution in [2.45, 2.75) is 25.8 Å². The summed E-state index contributed by atoms with van der Waals surface area (Å²) in [5.41, 5.74) is 2.24. The lowest BCUT2D eigenvalue weighted by molar-refractivity contribution is -0.148. The number of amides is 1. The minimum Gasteiger partial charge on any atom is -0.480 e. The number of para-hydroxylation sites is 1. The van der Waals surface area contributed by atoms with E-state index in [4.69, 9.17) is 5.11 Å². The predicted molar refractivity (Wildman–Crippen MR) is 81.1 cm³/mol. The quantitative estimate of drug-likeness (QED) is 0.916. The van der Waals surface area contributed by atoms with E-state index in [-0.39, 0.29) is 5.91 Å². The van der Waals surface area contributed by atoms with Crippen molar-refractivity contribution in [3.05, 3.63) is 36.0 Å². The highest BCUT2D eigenvalue weighted by molar-refractivity contribution is 5.86. The first-order valence-electron chi connectivity index (χ1n) is 6.93. The zero-order valence-corrected chi connectivity index (χ0v) is 12.5. The molecule has 1 aromatic heterocycles. The molecule has 0 fully saturated rings. The molecule has 5 heteroatoms. The Labute approximate surface area is 123 Å². The highest BCUT2D eigenvalue weighted by atomic mass is 16.4.